The molecule has 1 unspecified atom stereocenters. The Morgan fingerprint density at radius 3 is 2.37 bits per heavy atom. The standard InChI is InChI=1S/C35H41N5O6/c1-24-9-8-10-25(2)33(24)46-35(42)40(30-16-15-29(43-3)21-31(30)44-4)32-17-18-36-34(38-32)37-26-11-13-28(14-12-26)45-23-27(41)22-39-19-6-5-7-20-39/h8-18,21,27,41H,5-7,19-20,22-23H2,1-4H3,(H,36,37,38). The molecule has 2 N–H and O–H groups in total. The van der Waals surface area contributed by atoms with Crippen LogP contribution in [0.2, 0.25) is 0 Å². The smallest absolute Gasteiger partial charge is 0.425 e. The van der Waals surface area contributed by atoms with Crippen molar-refractivity contribution in [1.82, 2.24) is 14.9 Å². The number of aryl methyl sites for hydroxylation is 2. The second kappa shape index (κ2) is 15.4. The molecule has 2 heterocycles. The van der Waals surface area contributed by atoms with Crippen molar-refractivity contribution in [3.63, 3.8) is 0 Å². The summed E-state index contributed by atoms with van der Waals surface area (Å²) in [6.07, 6.45) is 3.95. The van der Waals surface area contributed by atoms with Crippen molar-refractivity contribution in [3.05, 3.63) is 84.1 Å². The predicted octanol–water partition coefficient (Wildman–Crippen LogP) is 6.42. The van der Waals surface area contributed by atoms with E-state index < -0.39 is 12.2 Å². The van der Waals surface area contributed by atoms with E-state index in [2.05, 4.69) is 20.2 Å². The molecule has 0 saturated carbocycles. The second-order valence-electron chi connectivity index (χ2n) is 11.2. The van der Waals surface area contributed by atoms with Crippen LogP contribution in [0.4, 0.5) is 27.9 Å². The number of para-hydroxylation sites is 1. The van der Waals surface area contributed by atoms with E-state index >= 15 is 0 Å². The molecule has 1 aliphatic heterocycles. The Bertz CT molecular complexity index is 1590. The van der Waals surface area contributed by atoms with Gasteiger partial charge >= 0.3 is 6.09 Å². The maximum absolute atomic E-state index is 13.9. The highest BCUT2D eigenvalue weighted by Gasteiger charge is 2.27. The molecule has 0 aliphatic carbocycles. The second-order valence-corrected chi connectivity index (χ2v) is 11.2. The van der Waals surface area contributed by atoms with Gasteiger partial charge in [0.05, 0.1) is 19.9 Å². The Morgan fingerprint density at radius 2 is 1.67 bits per heavy atom. The number of aromatic nitrogens is 2. The summed E-state index contributed by atoms with van der Waals surface area (Å²) < 4.78 is 22.8. The zero-order valence-electron chi connectivity index (χ0n) is 26.7. The van der Waals surface area contributed by atoms with Crippen LogP contribution in [0.25, 0.3) is 0 Å². The van der Waals surface area contributed by atoms with E-state index in [-0.39, 0.29) is 18.4 Å². The van der Waals surface area contributed by atoms with Crippen molar-refractivity contribution in [3.8, 4) is 23.0 Å². The third-order valence-electron chi connectivity index (χ3n) is 7.75. The lowest BCUT2D eigenvalue weighted by Gasteiger charge is -2.28. The van der Waals surface area contributed by atoms with Gasteiger partial charge in [-0.3, -0.25) is 0 Å². The minimum Gasteiger partial charge on any atom is -0.497 e. The normalized spacial score (nSPS) is 13.8. The first-order chi connectivity index (χ1) is 22.3. The molecule has 1 aliphatic rings. The number of anilines is 4. The molecule has 1 fully saturated rings. The Balaban J connectivity index is 1.33. The molecule has 3 aromatic carbocycles. The van der Waals surface area contributed by atoms with E-state index in [1.165, 1.54) is 31.3 Å². The molecule has 1 atom stereocenters. The van der Waals surface area contributed by atoms with E-state index in [4.69, 9.17) is 18.9 Å². The molecular weight excluding hydrogens is 586 g/mol. The zero-order valence-corrected chi connectivity index (χ0v) is 26.7. The number of piperidine rings is 1. The van der Waals surface area contributed by atoms with Crippen LogP contribution in [-0.2, 0) is 0 Å². The van der Waals surface area contributed by atoms with E-state index in [9.17, 15) is 9.90 Å². The SMILES string of the molecule is COc1ccc(N(C(=O)Oc2c(C)cccc2C)c2ccnc(Nc3ccc(OCC(O)CN4CCCCC4)cc3)n2)c(OC)c1. The number of carbonyl (C=O) groups is 1. The summed E-state index contributed by atoms with van der Waals surface area (Å²) in [5.74, 6) is 2.60. The number of rotatable bonds is 12. The van der Waals surface area contributed by atoms with Gasteiger partial charge in [-0.15, -0.1) is 0 Å². The first-order valence-corrected chi connectivity index (χ1v) is 15.4. The van der Waals surface area contributed by atoms with Crippen LogP contribution in [0.1, 0.15) is 30.4 Å². The summed E-state index contributed by atoms with van der Waals surface area (Å²) in [6, 6.07) is 19.7. The zero-order chi connectivity index (χ0) is 32.5. The van der Waals surface area contributed by atoms with Crippen LogP contribution in [0.15, 0.2) is 72.9 Å². The Hall–Kier alpha value is -4.87. The third kappa shape index (κ3) is 8.23. The molecular formula is C35H41N5O6. The number of nitrogens with one attached hydrogen (secondary N) is 1. The van der Waals surface area contributed by atoms with E-state index in [0.29, 0.717) is 40.9 Å². The van der Waals surface area contributed by atoms with Gasteiger partial charge in [-0.2, -0.15) is 4.98 Å². The number of likely N-dealkylation sites (tertiary alicyclic amines) is 1. The Morgan fingerprint density at radius 1 is 0.957 bits per heavy atom. The molecule has 1 amide bonds. The number of aliphatic hydroxyl groups excluding tert-OH is 1. The Kier molecular flexibility index (Phi) is 10.9. The molecule has 0 spiro atoms. The van der Waals surface area contributed by atoms with Crippen molar-refractivity contribution in [2.24, 2.45) is 0 Å². The van der Waals surface area contributed by atoms with Crippen molar-refractivity contribution in [2.75, 3.05) is 50.7 Å². The lowest BCUT2D eigenvalue weighted by molar-refractivity contribution is 0.0617. The third-order valence-corrected chi connectivity index (χ3v) is 7.75. The summed E-state index contributed by atoms with van der Waals surface area (Å²) in [7, 11) is 3.07. The molecule has 0 radical (unpaired) electrons. The van der Waals surface area contributed by atoms with Crippen LogP contribution >= 0.6 is 0 Å². The number of nitrogens with zero attached hydrogens (tertiary/aromatic N) is 4. The van der Waals surface area contributed by atoms with Gasteiger partial charge in [-0.05, 0) is 87.3 Å². The number of methoxy groups -OCH3 is 2. The number of hydrogen-bond acceptors (Lipinski definition) is 10. The van der Waals surface area contributed by atoms with Gasteiger partial charge < -0.3 is 34.3 Å². The first-order valence-electron chi connectivity index (χ1n) is 15.4. The molecule has 11 nitrogen and oxygen atoms in total. The lowest BCUT2D eigenvalue weighted by atomic mass is 10.1. The van der Waals surface area contributed by atoms with Crippen molar-refractivity contribution < 1.29 is 28.8 Å². The number of benzene rings is 3. The first kappa shape index (κ1) is 32.5. The molecule has 1 saturated heterocycles. The minimum atomic E-state index is -0.672. The highest BCUT2D eigenvalue weighted by atomic mass is 16.6. The monoisotopic (exact) mass is 627 g/mol. The quantitative estimate of drug-likeness (QED) is 0.182. The predicted molar refractivity (Wildman–Crippen MR) is 177 cm³/mol. The highest BCUT2D eigenvalue weighted by molar-refractivity contribution is 5.98. The molecule has 0 bridgehead atoms. The number of amides is 1. The average Bonchev–Trinajstić information content (AvgIpc) is 3.07. The van der Waals surface area contributed by atoms with Gasteiger partial charge in [0, 0.05) is 30.6 Å². The fraction of sp³-hybridized carbons (Fsp3) is 0.343. The van der Waals surface area contributed by atoms with Crippen LogP contribution in [0, 0.1) is 13.8 Å². The van der Waals surface area contributed by atoms with Gasteiger partial charge in [0.2, 0.25) is 5.95 Å². The topological polar surface area (TPSA) is 119 Å². The molecule has 4 aromatic rings. The van der Waals surface area contributed by atoms with Crippen LogP contribution in [0.3, 0.4) is 0 Å². The van der Waals surface area contributed by atoms with Crippen LogP contribution < -0.4 is 29.2 Å². The summed E-state index contributed by atoms with van der Waals surface area (Å²) in [6.45, 7) is 6.66. The lowest BCUT2D eigenvalue weighted by Crippen LogP contribution is -2.38. The average molecular weight is 628 g/mol. The van der Waals surface area contributed by atoms with Crippen LogP contribution in [-0.4, -0.2) is 72.6 Å². The fourth-order valence-electron chi connectivity index (χ4n) is 5.36. The summed E-state index contributed by atoms with van der Waals surface area (Å²) in [4.78, 5) is 26.5. The maximum atomic E-state index is 13.9. The van der Waals surface area contributed by atoms with E-state index in [0.717, 1.165) is 24.2 Å². The summed E-state index contributed by atoms with van der Waals surface area (Å²) in [5.41, 5.74) is 2.77. The minimum absolute atomic E-state index is 0.219. The number of hydrogen-bond donors (Lipinski definition) is 2. The fourth-order valence-corrected chi connectivity index (χ4v) is 5.36. The maximum Gasteiger partial charge on any atom is 0.425 e. The molecule has 11 heteroatoms. The molecule has 242 valence electrons. The van der Waals surface area contributed by atoms with E-state index in [1.807, 2.05) is 56.3 Å². The Labute approximate surface area is 269 Å². The summed E-state index contributed by atoms with van der Waals surface area (Å²) >= 11 is 0. The van der Waals surface area contributed by atoms with Crippen molar-refractivity contribution in [1.29, 1.82) is 0 Å². The van der Waals surface area contributed by atoms with Gasteiger partial charge in [-0.1, -0.05) is 24.6 Å². The number of aliphatic hydroxyl groups is 1. The number of ether oxygens (including phenoxy) is 4. The van der Waals surface area contributed by atoms with Gasteiger partial charge in [0.25, 0.3) is 0 Å². The molecule has 1 aromatic heterocycles. The van der Waals surface area contributed by atoms with Crippen molar-refractivity contribution in [2.45, 2.75) is 39.2 Å². The highest BCUT2D eigenvalue weighted by Crippen LogP contribution is 2.37. The van der Waals surface area contributed by atoms with Gasteiger partial charge in [-0.25, -0.2) is 14.7 Å². The van der Waals surface area contributed by atoms with Gasteiger partial charge in [0.15, 0.2) is 0 Å². The molecule has 5 rings (SSSR count). The largest absolute Gasteiger partial charge is 0.497 e. The number of β-amino-alcohol motifs (C(OH)–C–C–N with tert-alkyl or cyclic N) is 1. The van der Waals surface area contributed by atoms with Crippen LogP contribution in [0.5, 0.6) is 23.0 Å². The van der Waals surface area contributed by atoms with Gasteiger partial charge in [0.1, 0.15) is 41.5 Å². The summed E-state index contributed by atoms with van der Waals surface area (Å²) in [5, 5.41) is 13.6. The number of carbonyl (C=O) groups excluding carboxylic acids is 1. The van der Waals surface area contributed by atoms with Crippen molar-refractivity contribution >= 4 is 29.2 Å². The molecule has 46 heavy (non-hydrogen) atoms. The van der Waals surface area contributed by atoms with E-state index in [1.54, 1.807) is 37.6 Å².